The Morgan fingerprint density at radius 1 is 1.35 bits per heavy atom. The Labute approximate surface area is 184 Å². The number of rotatable bonds is 7. The van der Waals surface area contributed by atoms with Crippen LogP contribution in [0.15, 0.2) is 54.0 Å². The van der Waals surface area contributed by atoms with Gasteiger partial charge in [-0.15, -0.1) is 11.3 Å². The molecule has 1 fully saturated rings. The number of thiazole rings is 1. The second-order valence-electron chi connectivity index (χ2n) is 7.26. The maximum atomic E-state index is 13.4. The third-order valence-corrected chi connectivity index (χ3v) is 5.79. The van der Waals surface area contributed by atoms with Crippen molar-refractivity contribution in [1.29, 1.82) is 0 Å². The minimum atomic E-state index is -0.286. The Hall–Kier alpha value is -3.04. The highest BCUT2D eigenvalue weighted by molar-refractivity contribution is 7.13. The minimum absolute atomic E-state index is 0.0496. The molecule has 1 aliphatic rings. The molecule has 162 valence electrons. The van der Waals surface area contributed by atoms with Crippen LogP contribution in [0, 0.1) is 5.82 Å². The molecule has 3 aromatic rings. The summed E-state index contributed by atoms with van der Waals surface area (Å²) >= 11 is 1.50. The van der Waals surface area contributed by atoms with Crippen molar-refractivity contribution in [2.45, 2.75) is 12.5 Å². The second kappa shape index (κ2) is 9.84. The zero-order valence-corrected chi connectivity index (χ0v) is 18.0. The van der Waals surface area contributed by atoms with Crippen molar-refractivity contribution in [2.24, 2.45) is 0 Å². The maximum absolute atomic E-state index is 13.4. The number of carbonyl (C=O) groups is 1. The van der Waals surface area contributed by atoms with Crippen LogP contribution in [-0.2, 0) is 9.53 Å². The number of anilines is 3. The van der Waals surface area contributed by atoms with Gasteiger partial charge in [0.1, 0.15) is 17.7 Å². The van der Waals surface area contributed by atoms with Gasteiger partial charge < -0.3 is 19.9 Å². The van der Waals surface area contributed by atoms with Gasteiger partial charge in [-0.05, 0) is 30.3 Å². The topological polar surface area (TPSA) is 70.6 Å². The van der Waals surface area contributed by atoms with Crippen LogP contribution in [0.5, 0.6) is 0 Å². The van der Waals surface area contributed by atoms with Crippen LogP contribution in [0.3, 0.4) is 0 Å². The number of aromatic nitrogens is 2. The number of hydrogen-bond acceptors (Lipinski definition) is 7. The third-order valence-electron chi connectivity index (χ3n) is 5.10. The molecule has 1 amide bonds. The molecule has 0 bridgehead atoms. The van der Waals surface area contributed by atoms with E-state index in [1.165, 1.54) is 23.5 Å². The molecule has 0 saturated carbocycles. The molecular weight excluding hydrogens is 417 g/mol. The van der Waals surface area contributed by atoms with E-state index in [1.54, 1.807) is 12.3 Å². The molecule has 0 aliphatic carbocycles. The lowest BCUT2D eigenvalue weighted by Crippen LogP contribution is -2.43. The van der Waals surface area contributed by atoms with Crippen molar-refractivity contribution >= 4 is 33.9 Å². The number of amides is 1. The molecule has 1 N–H and O–H groups in total. The highest BCUT2D eigenvalue weighted by atomic mass is 32.1. The molecule has 2 aromatic heterocycles. The van der Waals surface area contributed by atoms with Gasteiger partial charge in [0.05, 0.1) is 18.8 Å². The number of hydrogen-bond donors (Lipinski definition) is 1. The summed E-state index contributed by atoms with van der Waals surface area (Å²) in [5.74, 6) is 0.454. The lowest BCUT2D eigenvalue weighted by atomic mass is 10.1. The van der Waals surface area contributed by atoms with E-state index in [1.807, 2.05) is 46.5 Å². The molecule has 1 aliphatic heterocycles. The average Bonchev–Trinajstić information content (AvgIpc) is 3.30. The van der Waals surface area contributed by atoms with Gasteiger partial charge in [-0.25, -0.2) is 14.4 Å². The highest BCUT2D eigenvalue weighted by Gasteiger charge is 2.26. The molecule has 0 spiro atoms. The van der Waals surface area contributed by atoms with Crippen molar-refractivity contribution in [2.75, 3.05) is 43.5 Å². The van der Waals surface area contributed by atoms with E-state index in [0.29, 0.717) is 38.5 Å². The molecular formula is C22H24FN5O2S. The standard InChI is InChI=1S/C22H24FN5O2S/c1-27(17-5-2-4-16(23)14-17)10-8-21(29)28-11-12-30-19(15-28)18-6-3-7-20(25-18)26-22-24-9-13-31-22/h2-7,9,13-14,19H,8,10-12,15H2,1H3,(H,24,25,26). The molecule has 3 heterocycles. The molecule has 0 radical (unpaired) electrons. The van der Waals surface area contributed by atoms with E-state index in [2.05, 4.69) is 15.3 Å². The van der Waals surface area contributed by atoms with Gasteiger partial charge in [0.15, 0.2) is 5.13 Å². The number of morpholine rings is 1. The van der Waals surface area contributed by atoms with Gasteiger partial charge in [-0.1, -0.05) is 12.1 Å². The van der Waals surface area contributed by atoms with E-state index in [9.17, 15) is 9.18 Å². The van der Waals surface area contributed by atoms with Crippen LogP contribution in [0.1, 0.15) is 18.2 Å². The fourth-order valence-corrected chi connectivity index (χ4v) is 3.95. The summed E-state index contributed by atoms with van der Waals surface area (Å²) in [5.41, 5.74) is 1.53. The van der Waals surface area contributed by atoms with Gasteiger partial charge in [0.25, 0.3) is 0 Å². The summed E-state index contributed by atoms with van der Waals surface area (Å²) in [5, 5.41) is 5.84. The summed E-state index contributed by atoms with van der Waals surface area (Å²) in [6, 6.07) is 12.1. The summed E-state index contributed by atoms with van der Waals surface area (Å²) in [6.07, 6.45) is 1.80. The van der Waals surface area contributed by atoms with Gasteiger partial charge in [0, 0.05) is 43.8 Å². The Balaban J connectivity index is 1.34. The number of pyridine rings is 1. The third kappa shape index (κ3) is 5.56. The van der Waals surface area contributed by atoms with E-state index < -0.39 is 0 Å². The molecule has 1 saturated heterocycles. The molecule has 4 rings (SSSR count). The summed E-state index contributed by atoms with van der Waals surface area (Å²) < 4.78 is 19.3. The first-order valence-corrected chi connectivity index (χ1v) is 11.0. The van der Waals surface area contributed by atoms with E-state index in [-0.39, 0.29) is 17.8 Å². The van der Waals surface area contributed by atoms with Gasteiger partial charge in [0.2, 0.25) is 5.91 Å². The van der Waals surface area contributed by atoms with Gasteiger partial charge >= 0.3 is 0 Å². The Morgan fingerprint density at radius 2 is 2.23 bits per heavy atom. The summed E-state index contributed by atoms with van der Waals surface area (Å²) in [4.78, 5) is 25.3. The van der Waals surface area contributed by atoms with Crippen molar-refractivity contribution < 1.29 is 13.9 Å². The SMILES string of the molecule is CN(CCC(=O)N1CCOC(c2cccc(Nc3nccs3)n2)C1)c1cccc(F)c1. The quantitative estimate of drug-likeness (QED) is 0.601. The Bertz CT molecular complexity index is 1020. The van der Waals surface area contributed by atoms with Crippen LogP contribution in [0.25, 0.3) is 0 Å². The number of nitrogens with one attached hydrogen (secondary N) is 1. The van der Waals surface area contributed by atoms with Crippen LogP contribution in [0.4, 0.5) is 21.0 Å². The van der Waals surface area contributed by atoms with Crippen LogP contribution in [-0.4, -0.2) is 54.1 Å². The molecule has 1 atom stereocenters. The first kappa shape index (κ1) is 21.2. The second-order valence-corrected chi connectivity index (χ2v) is 8.16. The minimum Gasteiger partial charge on any atom is -0.374 e. The summed E-state index contributed by atoms with van der Waals surface area (Å²) in [7, 11) is 1.86. The van der Waals surface area contributed by atoms with Crippen LogP contribution >= 0.6 is 11.3 Å². The van der Waals surface area contributed by atoms with E-state index >= 15 is 0 Å². The zero-order valence-electron chi connectivity index (χ0n) is 17.2. The number of nitrogens with zero attached hydrogens (tertiary/aromatic N) is 4. The zero-order chi connectivity index (χ0) is 21.6. The lowest BCUT2D eigenvalue weighted by Gasteiger charge is -2.33. The lowest BCUT2D eigenvalue weighted by molar-refractivity contribution is -0.138. The Morgan fingerprint density at radius 3 is 3.03 bits per heavy atom. The predicted octanol–water partition coefficient (Wildman–Crippen LogP) is 3.85. The molecule has 9 heteroatoms. The first-order valence-electron chi connectivity index (χ1n) is 10.1. The number of ether oxygens (including phenoxy) is 1. The number of carbonyl (C=O) groups excluding carboxylic acids is 1. The van der Waals surface area contributed by atoms with Crippen molar-refractivity contribution in [3.63, 3.8) is 0 Å². The molecule has 1 aromatic carbocycles. The maximum Gasteiger partial charge on any atom is 0.224 e. The van der Waals surface area contributed by atoms with E-state index in [0.717, 1.165) is 16.5 Å². The van der Waals surface area contributed by atoms with Crippen LogP contribution in [0.2, 0.25) is 0 Å². The van der Waals surface area contributed by atoms with Crippen molar-refractivity contribution in [3.8, 4) is 0 Å². The first-order chi connectivity index (χ1) is 15.1. The van der Waals surface area contributed by atoms with Gasteiger partial charge in [-0.3, -0.25) is 4.79 Å². The molecule has 7 nitrogen and oxygen atoms in total. The van der Waals surface area contributed by atoms with Crippen LogP contribution < -0.4 is 10.2 Å². The fourth-order valence-electron chi connectivity index (χ4n) is 3.41. The summed E-state index contributed by atoms with van der Waals surface area (Å²) in [6.45, 7) is 1.98. The normalized spacial score (nSPS) is 16.2. The Kier molecular flexibility index (Phi) is 6.73. The highest BCUT2D eigenvalue weighted by Crippen LogP contribution is 2.24. The van der Waals surface area contributed by atoms with Gasteiger partial charge in [-0.2, -0.15) is 0 Å². The van der Waals surface area contributed by atoms with Crippen molar-refractivity contribution in [1.82, 2.24) is 14.9 Å². The monoisotopic (exact) mass is 441 g/mol. The average molecular weight is 442 g/mol. The predicted molar refractivity (Wildman–Crippen MR) is 119 cm³/mol. The fraction of sp³-hybridized carbons (Fsp3) is 0.318. The van der Waals surface area contributed by atoms with E-state index in [4.69, 9.17) is 4.74 Å². The van der Waals surface area contributed by atoms with Crippen molar-refractivity contribution in [3.05, 3.63) is 65.6 Å². The molecule has 31 heavy (non-hydrogen) atoms. The molecule has 1 unspecified atom stereocenters. The number of benzene rings is 1. The largest absolute Gasteiger partial charge is 0.374 e. The number of halogens is 1. The smallest absolute Gasteiger partial charge is 0.224 e.